The minimum absolute atomic E-state index is 0.0556. The molecule has 9 heavy (non-hydrogen) atoms. The minimum Gasteiger partial charge on any atom is -0.483 e. The van der Waals surface area contributed by atoms with Crippen molar-refractivity contribution < 1.29 is 19.8 Å². The van der Waals surface area contributed by atoms with Crippen molar-refractivity contribution in [2.24, 2.45) is 0 Å². The van der Waals surface area contributed by atoms with Crippen molar-refractivity contribution in [1.29, 1.82) is 0 Å². The van der Waals surface area contributed by atoms with Gasteiger partial charge in [0, 0.05) is 0 Å². The molecule has 0 aliphatic rings. The van der Waals surface area contributed by atoms with E-state index in [9.17, 15) is 4.79 Å². The van der Waals surface area contributed by atoms with Crippen molar-refractivity contribution in [2.75, 3.05) is 0 Å². The monoisotopic (exact) mass is 132 g/mol. The van der Waals surface area contributed by atoms with Gasteiger partial charge < -0.3 is 10.2 Å². The highest BCUT2D eigenvalue weighted by molar-refractivity contribution is 5.68. The summed E-state index contributed by atoms with van der Waals surface area (Å²) >= 11 is 0. The summed E-state index contributed by atoms with van der Waals surface area (Å²) in [7, 11) is 0. The molecule has 0 spiro atoms. The number of hydrogen-bond acceptors (Lipinski definition) is 2. The molecule has 0 heterocycles. The molecule has 0 fully saturated rings. The first kappa shape index (κ1) is 10.6. The fourth-order valence-electron chi connectivity index (χ4n) is 0.123. The first-order valence-electron chi connectivity index (χ1n) is 2.09. The summed E-state index contributed by atoms with van der Waals surface area (Å²) in [6.07, 6.45) is 1.41. The summed E-state index contributed by atoms with van der Waals surface area (Å²) in [5.74, 6) is -0.829. The number of carboxylic acids is 1. The highest BCUT2D eigenvalue weighted by Crippen LogP contribution is 1.74. The Morgan fingerprint density at radius 1 is 1.67 bits per heavy atom. The fourth-order valence-corrected chi connectivity index (χ4v) is 0.123. The Labute approximate surface area is 52.4 Å². The van der Waals surface area contributed by atoms with Crippen molar-refractivity contribution in [2.45, 2.75) is 6.42 Å². The Morgan fingerprint density at radius 2 is 2.00 bits per heavy atom. The van der Waals surface area contributed by atoms with Crippen LogP contribution in [-0.4, -0.2) is 22.7 Å². The van der Waals surface area contributed by atoms with E-state index in [4.69, 9.17) is 15.0 Å². The number of carbonyl (C=O) groups is 2. The van der Waals surface area contributed by atoms with Gasteiger partial charge in [0.1, 0.15) is 0 Å². The average molecular weight is 132 g/mol. The molecule has 4 nitrogen and oxygen atoms in total. The van der Waals surface area contributed by atoms with Crippen molar-refractivity contribution in [3.8, 4) is 0 Å². The first-order valence-corrected chi connectivity index (χ1v) is 2.09. The van der Waals surface area contributed by atoms with Gasteiger partial charge in [-0.3, -0.25) is 9.59 Å². The van der Waals surface area contributed by atoms with Gasteiger partial charge in [0.25, 0.3) is 6.47 Å². The lowest BCUT2D eigenvalue weighted by Gasteiger charge is -1.75. The van der Waals surface area contributed by atoms with E-state index in [1.165, 1.54) is 6.08 Å². The molecule has 4 heteroatoms. The molecule has 52 valence electrons. The average Bonchev–Trinajstić information content (AvgIpc) is 1.67. The van der Waals surface area contributed by atoms with Crippen LogP contribution in [0.25, 0.3) is 0 Å². The van der Waals surface area contributed by atoms with Gasteiger partial charge in [-0.15, -0.1) is 6.58 Å². The van der Waals surface area contributed by atoms with Crippen molar-refractivity contribution in [3.05, 3.63) is 12.7 Å². The van der Waals surface area contributed by atoms with E-state index in [-0.39, 0.29) is 12.9 Å². The molecule has 0 aliphatic heterocycles. The molecule has 0 unspecified atom stereocenters. The van der Waals surface area contributed by atoms with E-state index in [2.05, 4.69) is 6.58 Å². The Bertz CT molecular complexity index is 97.1. The number of aliphatic carboxylic acids is 1. The van der Waals surface area contributed by atoms with Gasteiger partial charge in [0.15, 0.2) is 0 Å². The van der Waals surface area contributed by atoms with E-state index in [1.54, 1.807) is 0 Å². The molecule has 0 aromatic heterocycles. The van der Waals surface area contributed by atoms with Crippen LogP contribution in [0.3, 0.4) is 0 Å². The van der Waals surface area contributed by atoms with Crippen molar-refractivity contribution in [1.82, 2.24) is 0 Å². The molecular formula is C5H8O4. The van der Waals surface area contributed by atoms with Crippen molar-refractivity contribution in [3.63, 3.8) is 0 Å². The lowest BCUT2D eigenvalue weighted by Crippen LogP contribution is -1.88. The van der Waals surface area contributed by atoms with Crippen LogP contribution in [0.15, 0.2) is 12.7 Å². The van der Waals surface area contributed by atoms with Crippen LogP contribution >= 0.6 is 0 Å². The second-order valence-corrected chi connectivity index (χ2v) is 0.992. The summed E-state index contributed by atoms with van der Waals surface area (Å²) in [4.78, 5) is 17.9. The summed E-state index contributed by atoms with van der Waals surface area (Å²) in [6, 6.07) is 0. The lowest BCUT2D eigenvalue weighted by atomic mass is 10.4. The van der Waals surface area contributed by atoms with E-state index in [0.29, 0.717) is 0 Å². The van der Waals surface area contributed by atoms with Gasteiger partial charge in [-0.1, -0.05) is 6.08 Å². The zero-order valence-corrected chi connectivity index (χ0v) is 4.78. The molecule has 0 saturated carbocycles. The Balaban J connectivity index is 0. The molecule has 0 atom stereocenters. The predicted octanol–water partition coefficient (Wildman–Crippen LogP) is 0.348. The minimum atomic E-state index is -0.829. The molecule has 0 bridgehead atoms. The topological polar surface area (TPSA) is 74.6 Å². The summed E-state index contributed by atoms with van der Waals surface area (Å²) in [5.41, 5.74) is 0. The summed E-state index contributed by atoms with van der Waals surface area (Å²) < 4.78 is 0. The van der Waals surface area contributed by atoms with Crippen LogP contribution in [0.4, 0.5) is 0 Å². The molecule has 0 aromatic rings. The largest absolute Gasteiger partial charge is 0.483 e. The Kier molecular flexibility index (Phi) is 11.6. The Hall–Kier alpha value is -1.32. The molecule has 0 saturated heterocycles. The third kappa shape index (κ3) is 51.8. The van der Waals surface area contributed by atoms with Gasteiger partial charge in [-0.25, -0.2) is 0 Å². The highest BCUT2D eigenvalue weighted by Gasteiger charge is 1.84. The number of hydrogen-bond donors (Lipinski definition) is 2. The second-order valence-electron chi connectivity index (χ2n) is 0.992. The molecule has 0 radical (unpaired) electrons. The maximum absolute atomic E-state index is 9.53. The molecule has 0 amide bonds. The maximum Gasteiger partial charge on any atom is 0.307 e. The van der Waals surface area contributed by atoms with Crippen LogP contribution in [0.2, 0.25) is 0 Å². The maximum atomic E-state index is 9.53. The molecule has 0 aliphatic carbocycles. The van der Waals surface area contributed by atoms with Gasteiger partial charge in [0.2, 0.25) is 0 Å². The van der Waals surface area contributed by atoms with Crippen LogP contribution in [-0.2, 0) is 9.59 Å². The molecular weight excluding hydrogens is 124 g/mol. The second kappa shape index (κ2) is 9.84. The van der Waals surface area contributed by atoms with E-state index < -0.39 is 5.97 Å². The van der Waals surface area contributed by atoms with Gasteiger partial charge in [-0.2, -0.15) is 0 Å². The smallest absolute Gasteiger partial charge is 0.307 e. The van der Waals surface area contributed by atoms with Crippen LogP contribution in [0, 0.1) is 0 Å². The third-order valence-electron chi connectivity index (χ3n) is 0.319. The first-order chi connectivity index (χ1) is 4.18. The molecule has 2 N–H and O–H groups in total. The van der Waals surface area contributed by atoms with Crippen molar-refractivity contribution >= 4 is 12.4 Å². The zero-order chi connectivity index (χ0) is 7.70. The highest BCUT2D eigenvalue weighted by atomic mass is 16.4. The molecule has 0 rings (SSSR count). The van der Waals surface area contributed by atoms with Crippen LogP contribution in [0.1, 0.15) is 6.42 Å². The van der Waals surface area contributed by atoms with E-state index in [1.807, 2.05) is 0 Å². The van der Waals surface area contributed by atoms with Crippen LogP contribution < -0.4 is 0 Å². The lowest BCUT2D eigenvalue weighted by molar-refractivity contribution is -0.136. The SMILES string of the molecule is C=CCC(=O)O.O=CO. The zero-order valence-electron chi connectivity index (χ0n) is 4.78. The standard InChI is InChI=1S/C4H6O2.CH2O2/c1-2-3-4(5)6;2-1-3/h2H,1,3H2,(H,5,6);1H,(H,2,3). The Morgan fingerprint density at radius 3 is 2.00 bits per heavy atom. The van der Waals surface area contributed by atoms with Gasteiger partial charge in [0.05, 0.1) is 6.42 Å². The van der Waals surface area contributed by atoms with E-state index in [0.717, 1.165) is 0 Å². The normalized spacial score (nSPS) is 6.22. The fraction of sp³-hybridized carbons (Fsp3) is 0.200. The molecule has 0 aromatic carbocycles. The predicted molar refractivity (Wildman–Crippen MR) is 31.1 cm³/mol. The third-order valence-corrected chi connectivity index (χ3v) is 0.319. The summed E-state index contributed by atoms with van der Waals surface area (Å²) in [6.45, 7) is 2.97. The number of rotatable bonds is 2. The number of carboxylic acid groups (broad SMARTS) is 2. The quantitative estimate of drug-likeness (QED) is 0.420. The van der Waals surface area contributed by atoms with E-state index >= 15 is 0 Å². The van der Waals surface area contributed by atoms with Gasteiger partial charge >= 0.3 is 5.97 Å². The summed E-state index contributed by atoms with van der Waals surface area (Å²) in [5, 5.41) is 14.7. The van der Waals surface area contributed by atoms with Gasteiger partial charge in [-0.05, 0) is 0 Å². The van der Waals surface area contributed by atoms with Crippen LogP contribution in [0.5, 0.6) is 0 Å².